The Hall–Kier alpha value is 1.40. The molecular formula is C30H57Na2O8PS. The molecule has 0 aromatic rings. The van der Waals surface area contributed by atoms with Crippen molar-refractivity contribution in [1.82, 2.24) is 0 Å². The number of hydrogen-bond donors (Lipinski definition) is 0. The standard InChI is InChI=1S/C30H59O8PS.2Na/c1-2-3-4-5-6-7-8-9-10-11-14-17-20-23-30(32)38-29(26-37-39(33,34)35)27-40-25-22-19-16-13-12-15-18-21-24-36-28-31;;/h28-29H,2-27H2,1H3,(H2,33,34,35);;/q;2*+1/p-2/t29-;;/m1../s1. The molecule has 0 bridgehead atoms. The zero-order chi connectivity index (χ0) is 29.6. The second-order valence-corrected chi connectivity index (χ2v) is 13.0. The van der Waals surface area contributed by atoms with E-state index in [-0.39, 0.29) is 65.1 Å². The van der Waals surface area contributed by atoms with Crippen LogP contribution in [0.5, 0.6) is 0 Å². The van der Waals surface area contributed by atoms with Gasteiger partial charge in [0.25, 0.3) is 6.47 Å². The third-order valence-corrected chi connectivity index (χ3v) is 8.52. The van der Waals surface area contributed by atoms with Crippen LogP contribution in [0, 0.1) is 0 Å². The van der Waals surface area contributed by atoms with E-state index in [2.05, 4.69) is 16.2 Å². The Bertz CT molecular complexity index is 628. The average molecular weight is 655 g/mol. The summed E-state index contributed by atoms with van der Waals surface area (Å²) >= 11 is 1.59. The number of esters is 1. The van der Waals surface area contributed by atoms with Crippen LogP contribution in [0.3, 0.4) is 0 Å². The summed E-state index contributed by atoms with van der Waals surface area (Å²) in [6, 6.07) is 0. The fourth-order valence-corrected chi connectivity index (χ4v) is 5.89. The minimum absolute atomic E-state index is 0. The maximum absolute atomic E-state index is 12.3. The van der Waals surface area contributed by atoms with Gasteiger partial charge in [0.15, 0.2) is 0 Å². The molecule has 0 heterocycles. The second-order valence-electron chi connectivity index (χ2n) is 10.7. The van der Waals surface area contributed by atoms with Crippen molar-refractivity contribution in [1.29, 1.82) is 0 Å². The first-order chi connectivity index (χ1) is 19.4. The van der Waals surface area contributed by atoms with Crippen molar-refractivity contribution < 1.29 is 97.1 Å². The molecule has 0 saturated heterocycles. The topological polar surface area (TPSA) is 125 Å². The van der Waals surface area contributed by atoms with Gasteiger partial charge in [0.2, 0.25) is 0 Å². The summed E-state index contributed by atoms with van der Waals surface area (Å²) in [6.07, 6.45) is 24.3. The molecule has 0 N–H and O–H groups in total. The number of carbonyl (C=O) groups excluding carboxylic acids is 2. The summed E-state index contributed by atoms with van der Waals surface area (Å²) in [5.74, 6) is 0.928. The first-order valence-electron chi connectivity index (χ1n) is 15.9. The summed E-state index contributed by atoms with van der Waals surface area (Å²) in [5.41, 5.74) is 0. The van der Waals surface area contributed by atoms with Crippen LogP contribution in [0.15, 0.2) is 0 Å². The van der Waals surface area contributed by atoms with Gasteiger partial charge in [-0.3, -0.25) is 9.59 Å². The van der Waals surface area contributed by atoms with E-state index < -0.39 is 20.5 Å². The van der Waals surface area contributed by atoms with Gasteiger partial charge < -0.3 is 28.3 Å². The third kappa shape index (κ3) is 39.4. The van der Waals surface area contributed by atoms with Crippen LogP contribution >= 0.6 is 19.6 Å². The average Bonchev–Trinajstić information content (AvgIpc) is 2.92. The molecule has 12 heteroatoms. The fourth-order valence-electron chi connectivity index (χ4n) is 4.54. The van der Waals surface area contributed by atoms with Crippen molar-refractivity contribution >= 4 is 32.0 Å². The number of phosphoric ester groups is 1. The zero-order valence-corrected chi connectivity index (χ0v) is 32.9. The second kappa shape index (κ2) is 36.9. The van der Waals surface area contributed by atoms with Crippen LogP contribution in [-0.4, -0.2) is 43.3 Å². The van der Waals surface area contributed by atoms with Crippen LogP contribution in [0.2, 0.25) is 0 Å². The minimum atomic E-state index is -5.11. The van der Waals surface area contributed by atoms with Gasteiger partial charge in [0.05, 0.1) is 21.0 Å². The van der Waals surface area contributed by atoms with Crippen molar-refractivity contribution in [2.75, 3.05) is 24.7 Å². The van der Waals surface area contributed by atoms with Crippen molar-refractivity contribution in [3.63, 3.8) is 0 Å². The van der Waals surface area contributed by atoms with Crippen molar-refractivity contribution in [3.05, 3.63) is 0 Å². The Kier molecular flexibility index (Phi) is 42.0. The van der Waals surface area contributed by atoms with Crippen LogP contribution < -0.4 is 68.9 Å². The normalized spacial score (nSPS) is 11.8. The Morgan fingerprint density at radius 3 is 1.67 bits per heavy atom. The molecule has 0 radical (unpaired) electrons. The van der Waals surface area contributed by atoms with Gasteiger partial charge >= 0.3 is 65.1 Å². The van der Waals surface area contributed by atoms with Gasteiger partial charge in [-0.1, -0.05) is 122 Å². The Balaban J connectivity index is -0.00000760. The molecule has 0 fully saturated rings. The molecule has 238 valence electrons. The predicted molar refractivity (Wildman–Crippen MR) is 160 cm³/mol. The van der Waals surface area contributed by atoms with Crippen molar-refractivity contribution in [3.8, 4) is 0 Å². The van der Waals surface area contributed by atoms with E-state index in [1.165, 1.54) is 77.0 Å². The van der Waals surface area contributed by atoms with Crippen LogP contribution in [-0.2, 0) is 28.2 Å². The molecule has 0 amide bonds. The van der Waals surface area contributed by atoms with E-state index >= 15 is 0 Å². The molecule has 0 aliphatic carbocycles. The molecule has 0 rings (SSSR count). The fraction of sp³-hybridized carbons (Fsp3) is 0.933. The number of rotatable bonds is 32. The molecule has 8 nitrogen and oxygen atoms in total. The summed E-state index contributed by atoms with van der Waals surface area (Å²) in [4.78, 5) is 44.2. The molecule has 0 unspecified atom stereocenters. The van der Waals surface area contributed by atoms with Gasteiger partial charge in [0, 0.05) is 12.2 Å². The zero-order valence-electron chi connectivity index (χ0n) is 27.2. The van der Waals surface area contributed by atoms with Gasteiger partial charge in [0.1, 0.15) is 6.10 Å². The number of ether oxygens (including phenoxy) is 2. The number of unbranched alkanes of at least 4 members (excludes halogenated alkanes) is 19. The molecule has 0 spiro atoms. The van der Waals surface area contributed by atoms with E-state index in [0.29, 0.717) is 25.3 Å². The first kappa shape index (κ1) is 47.8. The minimum Gasteiger partial charge on any atom is -0.790 e. The summed E-state index contributed by atoms with van der Waals surface area (Å²) in [6.45, 7) is 2.82. The van der Waals surface area contributed by atoms with E-state index in [4.69, 9.17) is 4.74 Å². The van der Waals surface area contributed by atoms with E-state index in [9.17, 15) is 23.9 Å². The Labute approximate surface area is 305 Å². The van der Waals surface area contributed by atoms with Crippen molar-refractivity contribution in [2.45, 2.75) is 154 Å². The maximum atomic E-state index is 12.3. The number of phosphoric acid groups is 1. The molecule has 0 saturated carbocycles. The van der Waals surface area contributed by atoms with Crippen molar-refractivity contribution in [2.24, 2.45) is 0 Å². The van der Waals surface area contributed by atoms with Gasteiger partial charge in [-0.05, 0) is 25.0 Å². The summed E-state index contributed by atoms with van der Waals surface area (Å²) in [5, 5.41) is 0. The molecule has 0 aromatic carbocycles. The number of thioether (sulfide) groups is 1. The Morgan fingerprint density at radius 2 is 1.19 bits per heavy atom. The van der Waals surface area contributed by atoms with Crippen LogP contribution in [0.4, 0.5) is 0 Å². The molecule has 0 aliphatic rings. The quantitative estimate of drug-likeness (QED) is 0.0347. The Morgan fingerprint density at radius 1 is 0.738 bits per heavy atom. The number of carbonyl (C=O) groups is 2. The molecule has 0 aliphatic heterocycles. The van der Waals surface area contributed by atoms with Crippen LogP contribution in [0.1, 0.15) is 148 Å². The van der Waals surface area contributed by atoms with Gasteiger partial charge in [-0.2, -0.15) is 11.8 Å². The first-order valence-corrected chi connectivity index (χ1v) is 18.5. The summed E-state index contributed by atoms with van der Waals surface area (Å²) in [7, 11) is -5.11. The molecule has 42 heavy (non-hydrogen) atoms. The summed E-state index contributed by atoms with van der Waals surface area (Å²) < 4.78 is 25.4. The van der Waals surface area contributed by atoms with E-state index in [1.807, 2.05) is 0 Å². The monoisotopic (exact) mass is 654 g/mol. The molecule has 1 atom stereocenters. The SMILES string of the molecule is CCCCCCCCCCCCCCCC(=O)O[C@H](COP(=O)([O-])[O-])CSCCCCCCCCCCOC=O.[Na+].[Na+]. The largest absolute Gasteiger partial charge is 1.00 e. The molecule has 0 aromatic heterocycles. The van der Waals surface area contributed by atoms with Gasteiger partial charge in [-0.15, -0.1) is 0 Å². The van der Waals surface area contributed by atoms with Gasteiger partial charge in [-0.25, -0.2) is 0 Å². The maximum Gasteiger partial charge on any atom is 1.00 e. The van der Waals surface area contributed by atoms with Crippen LogP contribution in [0.25, 0.3) is 0 Å². The van der Waals surface area contributed by atoms with E-state index in [0.717, 1.165) is 63.5 Å². The molecular weight excluding hydrogens is 597 g/mol. The predicted octanol–water partition coefficient (Wildman–Crippen LogP) is 1.26. The number of hydrogen-bond acceptors (Lipinski definition) is 9. The smallest absolute Gasteiger partial charge is 0.790 e. The third-order valence-electron chi connectivity index (χ3n) is 6.87. The van der Waals surface area contributed by atoms with E-state index in [1.54, 1.807) is 11.8 Å².